The van der Waals surface area contributed by atoms with Crippen LogP contribution in [0, 0.1) is 0 Å². The lowest BCUT2D eigenvalue weighted by molar-refractivity contribution is 0.0866. The molecule has 0 spiro atoms. The summed E-state index contributed by atoms with van der Waals surface area (Å²) in [6.07, 6.45) is 4.86. The lowest BCUT2D eigenvalue weighted by atomic mass is 9.94. The Morgan fingerprint density at radius 3 is 2.34 bits per heavy atom. The maximum atomic E-state index is 13.3. The van der Waals surface area contributed by atoms with Crippen molar-refractivity contribution >= 4 is 11.7 Å². The third-order valence-electron chi connectivity index (χ3n) is 7.86. The molecule has 35 heavy (non-hydrogen) atoms. The van der Waals surface area contributed by atoms with Crippen LogP contribution in [0.1, 0.15) is 41.9 Å². The van der Waals surface area contributed by atoms with E-state index in [1.54, 1.807) is 0 Å². The first-order chi connectivity index (χ1) is 17.3. The topological polar surface area (TPSA) is 48.0 Å². The fourth-order valence-corrected chi connectivity index (χ4v) is 6.24. The van der Waals surface area contributed by atoms with Crippen molar-refractivity contribution in [2.45, 2.75) is 37.3 Å². The fraction of sp³-hybridized carbons (Fsp3) is 0.300. The van der Waals surface area contributed by atoms with Crippen molar-refractivity contribution < 1.29 is 19.0 Å². The summed E-state index contributed by atoms with van der Waals surface area (Å²) in [5, 5.41) is 0. The van der Waals surface area contributed by atoms with Crippen LogP contribution in [0.2, 0.25) is 0 Å². The van der Waals surface area contributed by atoms with Gasteiger partial charge in [0.15, 0.2) is 11.5 Å². The van der Waals surface area contributed by atoms with Gasteiger partial charge in [0.2, 0.25) is 0 Å². The maximum Gasteiger partial charge on any atom is 0.410 e. The highest BCUT2D eigenvalue weighted by Crippen LogP contribution is 2.45. The number of benzene rings is 3. The van der Waals surface area contributed by atoms with Gasteiger partial charge in [-0.05, 0) is 64.8 Å². The van der Waals surface area contributed by atoms with Gasteiger partial charge in [0.1, 0.15) is 19.8 Å². The van der Waals surface area contributed by atoms with Crippen LogP contribution in [0.15, 0.2) is 72.8 Å². The molecule has 4 aliphatic rings. The van der Waals surface area contributed by atoms with Crippen LogP contribution in [-0.4, -0.2) is 42.9 Å². The second-order valence-corrected chi connectivity index (χ2v) is 9.76. The minimum atomic E-state index is -0.197. The number of carbonyl (C=O) groups is 1. The number of hydrogen-bond acceptors (Lipinski definition) is 4. The van der Waals surface area contributed by atoms with Crippen molar-refractivity contribution in [3.05, 3.63) is 89.5 Å². The molecule has 3 aliphatic heterocycles. The van der Waals surface area contributed by atoms with Crippen LogP contribution in [-0.2, 0) is 4.74 Å². The van der Waals surface area contributed by atoms with Crippen molar-refractivity contribution in [2.24, 2.45) is 0 Å². The number of fused-ring (bicyclic) bond motifs is 6. The van der Waals surface area contributed by atoms with Gasteiger partial charge in [-0.2, -0.15) is 0 Å². The molecule has 1 amide bonds. The number of hydrogen-bond donors (Lipinski definition) is 0. The van der Waals surface area contributed by atoms with Crippen molar-refractivity contribution in [1.29, 1.82) is 0 Å². The maximum absolute atomic E-state index is 13.3. The Labute approximate surface area is 204 Å². The summed E-state index contributed by atoms with van der Waals surface area (Å²) < 4.78 is 17.4. The highest BCUT2D eigenvalue weighted by molar-refractivity contribution is 5.79. The van der Waals surface area contributed by atoms with E-state index in [1.165, 1.54) is 27.8 Å². The van der Waals surface area contributed by atoms with Gasteiger partial charge >= 0.3 is 6.09 Å². The minimum Gasteiger partial charge on any atom is -0.486 e. The first-order valence-electron chi connectivity index (χ1n) is 12.5. The molecule has 3 aromatic carbocycles. The summed E-state index contributed by atoms with van der Waals surface area (Å²) in [7, 11) is 0. The quantitative estimate of drug-likeness (QED) is 0.474. The lowest BCUT2D eigenvalue weighted by Gasteiger charge is -2.34. The Morgan fingerprint density at radius 2 is 1.60 bits per heavy atom. The third-order valence-corrected chi connectivity index (χ3v) is 7.86. The molecular formula is C30H27NO4. The first kappa shape index (κ1) is 20.6. The van der Waals surface area contributed by atoms with Crippen molar-refractivity contribution in [2.75, 3.05) is 19.8 Å². The van der Waals surface area contributed by atoms with Crippen LogP contribution < -0.4 is 9.47 Å². The largest absolute Gasteiger partial charge is 0.486 e. The molecule has 176 valence electrons. The molecule has 3 heterocycles. The second kappa shape index (κ2) is 8.19. The van der Waals surface area contributed by atoms with Crippen LogP contribution in [0.4, 0.5) is 4.79 Å². The van der Waals surface area contributed by atoms with Crippen LogP contribution in [0.25, 0.3) is 16.7 Å². The smallest absolute Gasteiger partial charge is 0.410 e. The molecule has 3 aromatic rings. The van der Waals surface area contributed by atoms with Gasteiger partial charge < -0.3 is 14.2 Å². The molecule has 0 aromatic heterocycles. The summed E-state index contributed by atoms with van der Waals surface area (Å²) in [5.41, 5.74) is 7.40. The Bertz CT molecular complexity index is 1300. The molecule has 5 nitrogen and oxygen atoms in total. The highest BCUT2D eigenvalue weighted by Gasteiger charge is 2.41. The highest BCUT2D eigenvalue weighted by atomic mass is 16.6. The number of amides is 1. The minimum absolute atomic E-state index is 0.0765. The standard InChI is InChI=1S/C30H27NO4/c32-30(35-18-27-25-7-3-1-5-23(25)24-6-2-4-8-26(24)27)31-21-10-11-22(31)16-20(15-21)19-9-12-28-29(17-19)34-14-13-33-28/h1-9,12,15,17,21-22,27H,10-11,13-14,16,18H2. The predicted octanol–water partition coefficient (Wildman–Crippen LogP) is 6.03. The Morgan fingerprint density at radius 1 is 0.886 bits per heavy atom. The fourth-order valence-electron chi connectivity index (χ4n) is 6.24. The van der Waals surface area contributed by atoms with Crippen molar-refractivity contribution in [1.82, 2.24) is 4.90 Å². The average Bonchev–Trinajstić information content (AvgIpc) is 3.37. The number of ether oxygens (including phenoxy) is 3. The summed E-state index contributed by atoms with van der Waals surface area (Å²) in [4.78, 5) is 15.3. The van der Waals surface area contributed by atoms with Gasteiger partial charge in [0, 0.05) is 12.0 Å². The van der Waals surface area contributed by atoms with Gasteiger partial charge in [-0.1, -0.05) is 60.7 Å². The van der Waals surface area contributed by atoms with Crippen molar-refractivity contribution in [3.8, 4) is 22.6 Å². The third kappa shape index (κ3) is 3.41. The molecule has 5 heteroatoms. The van der Waals surface area contributed by atoms with E-state index in [9.17, 15) is 4.79 Å². The average molecular weight is 466 g/mol. The Hall–Kier alpha value is -3.73. The van der Waals surface area contributed by atoms with E-state index < -0.39 is 0 Å². The van der Waals surface area contributed by atoms with E-state index in [2.05, 4.69) is 66.7 Å². The SMILES string of the molecule is O=C(OCC1c2ccccc2-c2ccccc21)N1C2C=C(c3ccc4c(c3)OCCO4)CC1CC2. The summed E-state index contributed by atoms with van der Waals surface area (Å²) in [6.45, 7) is 1.53. The van der Waals surface area contributed by atoms with Crippen LogP contribution in [0.3, 0.4) is 0 Å². The lowest BCUT2D eigenvalue weighted by Crippen LogP contribution is -2.43. The molecular weight excluding hydrogens is 438 g/mol. The molecule has 1 fully saturated rings. The van der Waals surface area contributed by atoms with E-state index in [4.69, 9.17) is 14.2 Å². The molecule has 0 radical (unpaired) electrons. The van der Waals surface area contributed by atoms with Crippen LogP contribution >= 0.6 is 0 Å². The monoisotopic (exact) mass is 465 g/mol. The van der Waals surface area contributed by atoms with Gasteiger partial charge in [0.05, 0.1) is 6.04 Å². The molecule has 1 saturated heterocycles. The first-order valence-corrected chi connectivity index (χ1v) is 12.5. The van der Waals surface area contributed by atoms with Gasteiger partial charge in [0.25, 0.3) is 0 Å². The summed E-state index contributed by atoms with van der Waals surface area (Å²) in [5.74, 6) is 1.69. The zero-order chi connectivity index (χ0) is 23.4. The summed E-state index contributed by atoms with van der Waals surface area (Å²) >= 11 is 0. The predicted molar refractivity (Wildman–Crippen MR) is 134 cm³/mol. The van der Waals surface area contributed by atoms with E-state index >= 15 is 0 Å². The normalized spacial score (nSPS) is 21.8. The van der Waals surface area contributed by atoms with Gasteiger partial charge in [-0.25, -0.2) is 4.79 Å². The van der Waals surface area contributed by atoms with Crippen molar-refractivity contribution in [3.63, 3.8) is 0 Å². The molecule has 2 bridgehead atoms. The van der Waals surface area contributed by atoms with Crippen LogP contribution in [0.5, 0.6) is 11.5 Å². The zero-order valence-corrected chi connectivity index (χ0v) is 19.5. The van der Waals surface area contributed by atoms with Gasteiger partial charge in [-0.3, -0.25) is 4.90 Å². The van der Waals surface area contributed by atoms with E-state index in [1.807, 2.05) is 11.0 Å². The molecule has 2 atom stereocenters. The molecule has 1 aliphatic carbocycles. The molecule has 0 N–H and O–H groups in total. The molecule has 2 unspecified atom stereocenters. The zero-order valence-electron chi connectivity index (χ0n) is 19.5. The molecule has 7 rings (SSSR count). The van der Waals surface area contributed by atoms with E-state index in [0.29, 0.717) is 19.8 Å². The molecule has 0 saturated carbocycles. The van der Waals surface area contributed by atoms with E-state index in [-0.39, 0.29) is 24.1 Å². The Kier molecular flexibility index (Phi) is 4.83. The number of nitrogens with zero attached hydrogens (tertiary/aromatic N) is 1. The Balaban J connectivity index is 1.09. The van der Waals surface area contributed by atoms with Gasteiger partial charge in [-0.15, -0.1) is 0 Å². The van der Waals surface area contributed by atoms with E-state index in [0.717, 1.165) is 36.3 Å². The summed E-state index contributed by atoms with van der Waals surface area (Å²) in [6, 6.07) is 23.3. The number of carbonyl (C=O) groups excluding carboxylic acids is 1. The number of rotatable bonds is 3. The second-order valence-electron chi connectivity index (χ2n) is 9.76.